The van der Waals surface area contributed by atoms with Crippen LogP contribution in [0.4, 0.5) is 5.69 Å². The van der Waals surface area contributed by atoms with E-state index in [9.17, 15) is 18.0 Å². The first-order chi connectivity index (χ1) is 22.6. The van der Waals surface area contributed by atoms with Gasteiger partial charge in [-0.15, -0.1) is 0 Å². The molecule has 0 aliphatic carbocycles. The highest BCUT2D eigenvalue weighted by molar-refractivity contribution is 7.92. The van der Waals surface area contributed by atoms with Crippen LogP contribution >= 0.6 is 23.2 Å². The zero-order valence-electron chi connectivity index (χ0n) is 26.4. The molecule has 4 aromatic rings. The number of amides is 2. The molecule has 0 aliphatic rings. The van der Waals surface area contributed by atoms with Crippen LogP contribution < -0.4 is 19.1 Å². The predicted molar refractivity (Wildman–Crippen MR) is 185 cm³/mol. The van der Waals surface area contributed by atoms with Gasteiger partial charge in [0.05, 0.1) is 34.8 Å². The molecule has 1 N–H and O–H groups in total. The summed E-state index contributed by atoms with van der Waals surface area (Å²) in [5.74, 6) is -0.400. The standard InChI is InChI=1S/C35H37Cl2N3O6S/c1-4-19-38-35(42)31(21-25-11-7-5-8-12-25)39(23-26-15-17-29(36)30(37)20-26)34(41)24-40(27-13-9-6-10-14-27)47(43,44)28-16-18-32(45-2)33(22-28)46-3/h5-18,20,22,31H,4,19,21,23-24H2,1-3H3,(H,38,42)/t31-/m1/s1. The van der Waals surface area contributed by atoms with Crippen LogP contribution in [-0.4, -0.2) is 58.5 Å². The maximum absolute atomic E-state index is 14.5. The quantitative estimate of drug-likeness (QED) is 0.155. The van der Waals surface area contributed by atoms with Crippen LogP contribution in [0.25, 0.3) is 0 Å². The van der Waals surface area contributed by atoms with Crippen LogP contribution in [0, 0.1) is 0 Å². The van der Waals surface area contributed by atoms with Crippen molar-refractivity contribution in [3.8, 4) is 11.5 Å². The van der Waals surface area contributed by atoms with Crippen molar-refractivity contribution in [3.05, 3.63) is 118 Å². The van der Waals surface area contributed by atoms with Gasteiger partial charge in [0.1, 0.15) is 12.6 Å². The van der Waals surface area contributed by atoms with Crippen molar-refractivity contribution in [3.63, 3.8) is 0 Å². The molecule has 2 amide bonds. The van der Waals surface area contributed by atoms with E-state index in [-0.39, 0.29) is 40.2 Å². The van der Waals surface area contributed by atoms with E-state index < -0.39 is 28.5 Å². The molecule has 0 unspecified atom stereocenters. The number of rotatable bonds is 15. The Balaban J connectivity index is 1.81. The van der Waals surface area contributed by atoms with Gasteiger partial charge in [-0.05, 0) is 53.9 Å². The molecule has 4 rings (SSSR count). The molecule has 47 heavy (non-hydrogen) atoms. The fourth-order valence-corrected chi connectivity index (χ4v) is 6.73. The van der Waals surface area contributed by atoms with E-state index in [0.29, 0.717) is 29.3 Å². The third-order valence-corrected chi connectivity index (χ3v) is 9.93. The van der Waals surface area contributed by atoms with Gasteiger partial charge in [-0.2, -0.15) is 0 Å². The van der Waals surface area contributed by atoms with E-state index in [1.54, 1.807) is 48.5 Å². The number of nitrogens with zero attached hydrogens (tertiary/aromatic N) is 2. The largest absolute Gasteiger partial charge is 0.493 e. The van der Waals surface area contributed by atoms with Crippen molar-refractivity contribution in [1.29, 1.82) is 0 Å². The minimum Gasteiger partial charge on any atom is -0.493 e. The number of hydrogen-bond donors (Lipinski definition) is 1. The normalized spacial score (nSPS) is 11.8. The van der Waals surface area contributed by atoms with Gasteiger partial charge in [-0.3, -0.25) is 13.9 Å². The molecular formula is C35H37Cl2N3O6S. The molecule has 12 heteroatoms. The number of benzene rings is 4. The van der Waals surface area contributed by atoms with Crippen molar-refractivity contribution >= 4 is 50.7 Å². The Morgan fingerprint density at radius 1 is 0.809 bits per heavy atom. The molecule has 248 valence electrons. The molecule has 0 aromatic heterocycles. The third kappa shape index (κ3) is 8.97. The maximum atomic E-state index is 14.5. The van der Waals surface area contributed by atoms with Crippen LogP contribution in [0.15, 0.2) is 102 Å². The lowest BCUT2D eigenvalue weighted by atomic mass is 10.0. The number of hydrogen-bond acceptors (Lipinski definition) is 6. The summed E-state index contributed by atoms with van der Waals surface area (Å²) in [5, 5.41) is 3.55. The SMILES string of the molecule is CCCNC(=O)[C@@H](Cc1ccccc1)N(Cc1ccc(Cl)c(Cl)c1)C(=O)CN(c1ccccc1)S(=O)(=O)c1ccc(OC)c(OC)c1. The number of carbonyl (C=O) groups is 2. The smallest absolute Gasteiger partial charge is 0.264 e. The summed E-state index contributed by atoms with van der Waals surface area (Å²) in [5.41, 5.74) is 1.71. The van der Waals surface area contributed by atoms with Gasteiger partial charge >= 0.3 is 0 Å². The maximum Gasteiger partial charge on any atom is 0.264 e. The number of methoxy groups -OCH3 is 2. The third-order valence-electron chi connectivity index (χ3n) is 7.42. The zero-order valence-corrected chi connectivity index (χ0v) is 28.7. The molecule has 0 saturated heterocycles. The molecule has 4 aromatic carbocycles. The Kier molecular flexibility index (Phi) is 12.5. The Morgan fingerprint density at radius 3 is 2.09 bits per heavy atom. The highest BCUT2D eigenvalue weighted by atomic mass is 35.5. The van der Waals surface area contributed by atoms with Crippen molar-refractivity contribution in [2.24, 2.45) is 0 Å². The zero-order chi connectivity index (χ0) is 34.0. The highest BCUT2D eigenvalue weighted by Crippen LogP contribution is 2.32. The first-order valence-corrected chi connectivity index (χ1v) is 17.1. The molecular weight excluding hydrogens is 661 g/mol. The summed E-state index contributed by atoms with van der Waals surface area (Å²) in [4.78, 5) is 29.6. The topological polar surface area (TPSA) is 105 Å². The van der Waals surface area contributed by atoms with Crippen LogP contribution in [0.1, 0.15) is 24.5 Å². The Labute approximate surface area is 286 Å². The van der Waals surface area contributed by atoms with Crippen molar-refractivity contribution in [2.45, 2.75) is 37.2 Å². The molecule has 0 radical (unpaired) electrons. The lowest BCUT2D eigenvalue weighted by Crippen LogP contribution is -2.53. The van der Waals surface area contributed by atoms with E-state index in [1.165, 1.54) is 37.3 Å². The van der Waals surface area contributed by atoms with Gasteiger partial charge in [-0.1, -0.05) is 84.7 Å². The number of anilines is 1. The second kappa shape index (κ2) is 16.5. The first-order valence-electron chi connectivity index (χ1n) is 14.9. The number of nitrogens with one attached hydrogen (secondary N) is 1. The van der Waals surface area contributed by atoms with Crippen LogP contribution in [0.2, 0.25) is 10.0 Å². The number of para-hydroxylation sites is 1. The Hall–Kier alpha value is -4.25. The molecule has 1 atom stereocenters. The molecule has 0 spiro atoms. The molecule has 0 heterocycles. The lowest BCUT2D eigenvalue weighted by molar-refractivity contribution is -0.140. The van der Waals surface area contributed by atoms with E-state index in [4.69, 9.17) is 32.7 Å². The van der Waals surface area contributed by atoms with Crippen molar-refractivity contribution in [2.75, 3.05) is 31.6 Å². The van der Waals surface area contributed by atoms with Gasteiger partial charge in [0.25, 0.3) is 10.0 Å². The summed E-state index contributed by atoms with van der Waals surface area (Å²) in [6.45, 7) is 1.70. The minimum absolute atomic E-state index is 0.0359. The van der Waals surface area contributed by atoms with Crippen molar-refractivity contribution in [1.82, 2.24) is 10.2 Å². The Morgan fingerprint density at radius 2 is 1.47 bits per heavy atom. The van der Waals surface area contributed by atoms with E-state index in [1.807, 2.05) is 37.3 Å². The second-order valence-electron chi connectivity index (χ2n) is 10.6. The monoisotopic (exact) mass is 697 g/mol. The van der Waals surface area contributed by atoms with Crippen LogP contribution in [0.5, 0.6) is 11.5 Å². The first kappa shape index (κ1) is 35.6. The fraction of sp³-hybridized carbons (Fsp3) is 0.257. The van der Waals surface area contributed by atoms with E-state index in [2.05, 4.69) is 5.32 Å². The van der Waals surface area contributed by atoms with Crippen molar-refractivity contribution < 1.29 is 27.5 Å². The van der Waals surface area contributed by atoms with Gasteiger partial charge in [0.15, 0.2) is 11.5 Å². The summed E-state index contributed by atoms with van der Waals surface area (Å²) < 4.78 is 40.2. The lowest BCUT2D eigenvalue weighted by Gasteiger charge is -2.34. The molecule has 9 nitrogen and oxygen atoms in total. The summed E-state index contributed by atoms with van der Waals surface area (Å²) in [7, 11) is -1.48. The summed E-state index contributed by atoms with van der Waals surface area (Å²) in [6, 6.07) is 25.8. The van der Waals surface area contributed by atoms with Crippen LogP contribution in [-0.2, 0) is 32.6 Å². The molecule has 0 bridgehead atoms. The van der Waals surface area contributed by atoms with Gasteiger partial charge in [-0.25, -0.2) is 8.42 Å². The van der Waals surface area contributed by atoms with Gasteiger partial charge in [0, 0.05) is 25.6 Å². The Bertz CT molecular complexity index is 1780. The fourth-order valence-electron chi connectivity index (χ4n) is 4.98. The number of carbonyl (C=O) groups excluding carboxylic acids is 2. The number of ether oxygens (including phenoxy) is 2. The highest BCUT2D eigenvalue weighted by Gasteiger charge is 2.35. The number of halogens is 2. The minimum atomic E-state index is -4.33. The predicted octanol–water partition coefficient (Wildman–Crippen LogP) is 6.37. The van der Waals surface area contributed by atoms with E-state index >= 15 is 0 Å². The number of sulfonamides is 1. The van der Waals surface area contributed by atoms with Gasteiger partial charge < -0.3 is 19.7 Å². The average molecular weight is 699 g/mol. The second-order valence-corrected chi connectivity index (χ2v) is 13.3. The average Bonchev–Trinajstić information content (AvgIpc) is 3.09. The van der Waals surface area contributed by atoms with E-state index in [0.717, 1.165) is 9.87 Å². The summed E-state index contributed by atoms with van der Waals surface area (Å²) >= 11 is 12.5. The molecule has 0 saturated carbocycles. The molecule has 0 aliphatic heterocycles. The van der Waals surface area contributed by atoms with Crippen LogP contribution in [0.3, 0.4) is 0 Å². The summed E-state index contributed by atoms with van der Waals surface area (Å²) in [6.07, 6.45) is 0.882. The van der Waals surface area contributed by atoms with Gasteiger partial charge in [0.2, 0.25) is 11.8 Å². The molecule has 0 fully saturated rings.